The zero-order chi connectivity index (χ0) is 11.0. The second-order valence-electron chi connectivity index (χ2n) is 3.82. The minimum Gasteiger partial charge on any atom is -0.496 e. The van der Waals surface area contributed by atoms with E-state index in [2.05, 4.69) is 6.92 Å². The molecule has 2 atom stereocenters. The van der Waals surface area contributed by atoms with E-state index in [0.29, 0.717) is 11.3 Å². The highest BCUT2D eigenvalue weighted by Gasteiger charge is 2.32. The lowest BCUT2D eigenvalue weighted by molar-refractivity contribution is 0.0236. The van der Waals surface area contributed by atoms with Gasteiger partial charge in [-0.15, -0.1) is 0 Å². The van der Waals surface area contributed by atoms with Gasteiger partial charge in [-0.1, -0.05) is 19.1 Å². The first-order valence-corrected chi connectivity index (χ1v) is 5.03. The van der Waals surface area contributed by atoms with E-state index < -0.39 is 0 Å². The molecule has 0 saturated heterocycles. The fourth-order valence-electron chi connectivity index (χ4n) is 1.90. The molecule has 0 aromatic heterocycles. The Labute approximate surface area is 89.0 Å². The summed E-state index contributed by atoms with van der Waals surface area (Å²) in [6, 6.07) is 5.64. The average Bonchev–Trinajstić information content (AvgIpc) is 2.25. The van der Waals surface area contributed by atoms with Gasteiger partial charge in [-0.05, 0) is 18.6 Å². The molecule has 0 N–H and O–H groups in total. The molecule has 0 aliphatic carbocycles. The molecule has 1 aliphatic heterocycles. The van der Waals surface area contributed by atoms with Crippen LogP contribution < -0.4 is 4.74 Å². The molecule has 80 valence electrons. The fraction of sp³-hybridized carbons (Fsp3) is 0.417. The number of cyclic esters (lactones) is 1. The summed E-state index contributed by atoms with van der Waals surface area (Å²) in [7, 11) is 1.56. The Balaban J connectivity index is 2.59. The van der Waals surface area contributed by atoms with Gasteiger partial charge in [0, 0.05) is 5.92 Å². The van der Waals surface area contributed by atoms with E-state index in [9.17, 15) is 4.79 Å². The molecule has 1 aliphatic rings. The van der Waals surface area contributed by atoms with Crippen molar-refractivity contribution in [2.75, 3.05) is 7.11 Å². The number of benzene rings is 1. The molecule has 3 nitrogen and oxygen atoms in total. The van der Waals surface area contributed by atoms with Crippen LogP contribution in [0.25, 0.3) is 0 Å². The standard InChI is InChI=1S/C12H14O3/c1-7-8(2)15-12(13)11-9(7)5-4-6-10(11)14-3/h4-8H,1-3H3. The summed E-state index contributed by atoms with van der Waals surface area (Å²) in [6.07, 6.45) is -0.0721. The molecular weight excluding hydrogens is 192 g/mol. The van der Waals surface area contributed by atoms with Crippen molar-refractivity contribution in [1.82, 2.24) is 0 Å². The van der Waals surface area contributed by atoms with Gasteiger partial charge < -0.3 is 9.47 Å². The molecule has 1 aromatic carbocycles. The van der Waals surface area contributed by atoms with Crippen LogP contribution in [0.2, 0.25) is 0 Å². The Morgan fingerprint density at radius 1 is 1.33 bits per heavy atom. The smallest absolute Gasteiger partial charge is 0.342 e. The van der Waals surface area contributed by atoms with Gasteiger partial charge in [-0.3, -0.25) is 0 Å². The van der Waals surface area contributed by atoms with Crippen LogP contribution in [-0.2, 0) is 4.74 Å². The van der Waals surface area contributed by atoms with Gasteiger partial charge in [-0.25, -0.2) is 4.79 Å². The Kier molecular flexibility index (Phi) is 2.39. The van der Waals surface area contributed by atoms with Crippen LogP contribution in [0.1, 0.15) is 35.7 Å². The zero-order valence-corrected chi connectivity index (χ0v) is 9.11. The van der Waals surface area contributed by atoms with Crippen LogP contribution in [0.4, 0.5) is 0 Å². The van der Waals surface area contributed by atoms with Crippen molar-refractivity contribution in [3.8, 4) is 5.75 Å². The molecule has 1 heterocycles. The van der Waals surface area contributed by atoms with Gasteiger partial charge >= 0.3 is 5.97 Å². The lowest BCUT2D eigenvalue weighted by Crippen LogP contribution is -2.28. The maximum absolute atomic E-state index is 11.7. The van der Waals surface area contributed by atoms with Crippen molar-refractivity contribution in [3.63, 3.8) is 0 Å². The summed E-state index contributed by atoms with van der Waals surface area (Å²) in [5.74, 6) is 0.525. The molecule has 2 unspecified atom stereocenters. The number of ether oxygens (including phenoxy) is 2. The third-order valence-corrected chi connectivity index (χ3v) is 2.97. The molecule has 2 rings (SSSR count). The molecule has 0 fully saturated rings. The number of methoxy groups -OCH3 is 1. The fourth-order valence-corrected chi connectivity index (χ4v) is 1.90. The first-order chi connectivity index (χ1) is 7.15. The Morgan fingerprint density at radius 3 is 2.73 bits per heavy atom. The topological polar surface area (TPSA) is 35.5 Å². The van der Waals surface area contributed by atoms with Crippen molar-refractivity contribution < 1.29 is 14.3 Å². The van der Waals surface area contributed by atoms with Gasteiger partial charge in [0.2, 0.25) is 0 Å². The van der Waals surface area contributed by atoms with E-state index in [-0.39, 0.29) is 18.0 Å². The van der Waals surface area contributed by atoms with Crippen LogP contribution in [-0.4, -0.2) is 19.2 Å². The number of carbonyl (C=O) groups excluding carboxylic acids is 1. The maximum atomic E-state index is 11.7. The maximum Gasteiger partial charge on any atom is 0.342 e. The van der Waals surface area contributed by atoms with Gasteiger partial charge in [0.15, 0.2) is 0 Å². The second-order valence-corrected chi connectivity index (χ2v) is 3.82. The quantitative estimate of drug-likeness (QED) is 0.662. The van der Waals surface area contributed by atoms with Crippen molar-refractivity contribution in [1.29, 1.82) is 0 Å². The van der Waals surface area contributed by atoms with Crippen molar-refractivity contribution in [2.45, 2.75) is 25.9 Å². The predicted octanol–water partition coefficient (Wildman–Crippen LogP) is 2.36. The van der Waals surface area contributed by atoms with Crippen LogP contribution in [0.5, 0.6) is 5.75 Å². The molecule has 1 aromatic rings. The van der Waals surface area contributed by atoms with Gasteiger partial charge in [0.05, 0.1) is 7.11 Å². The molecule has 0 spiro atoms. The first-order valence-electron chi connectivity index (χ1n) is 5.03. The summed E-state index contributed by atoms with van der Waals surface area (Å²) in [5.41, 5.74) is 1.59. The highest BCUT2D eigenvalue weighted by atomic mass is 16.5. The van der Waals surface area contributed by atoms with E-state index in [0.717, 1.165) is 5.56 Å². The van der Waals surface area contributed by atoms with Crippen LogP contribution in [0.3, 0.4) is 0 Å². The molecule has 0 saturated carbocycles. The predicted molar refractivity (Wildman–Crippen MR) is 56.3 cm³/mol. The molecule has 3 heteroatoms. The lowest BCUT2D eigenvalue weighted by atomic mass is 9.89. The average molecular weight is 206 g/mol. The third-order valence-electron chi connectivity index (χ3n) is 2.97. The summed E-state index contributed by atoms with van der Waals surface area (Å²) >= 11 is 0. The molecule has 0 radical (unpaired) electrons. The minimum atomic E-state index is -0.284. The summed E-state index contributed by atoms with van der Waals surface area (Å²) in [5, 5.41) is 0. The third kappa shape index (κ3) is 1.48. The number of fused-ring (bicyclic) bond motifs is 1. The summed E-state index contributed by atoms with van der Waals surface area (Å²) in [6.45, 7) is 3.96. The van der Waals surface area contributed by atoms with Crippen LogP contribution in [0, 0.1) is 0 Å². The van der Waals surface area contributed by atoms with Gasteiger partial charge in [-0.2, -0.15) is 0 Å². The van der Waals surface area contributed by atoms with Crippen molar-refractivity contribution >= 4 is 5.97 Å². The minimum absolute atomic E-state index is 0.0721. The summed E-state index contributed by atoms with van der Waals surface area (Å²) in [4.78, 5) is 11.7. The number of rotatable bonds is 1. The molecular formula is C12H14O3. The van der Waals surface area contributed by atoms with E-state index in [1.807, 2.05) is 19.1 Å². The van der Waals surface area contributed by atoms with Crippen molar-refractivity contribution in [2.24, 2.45) is 0 Å². The number of esters is 1. The van der Waals surface area contributed by atoms with E-state index in [4.69, 9.17) is 9.47 Å². The Bertz CT molecular complexity index is 398. The molecule has 0 amide bonds. The number of carbonyl (C=O) groups is 1. The molecule has 0 bridgehead atoms. The normalized spacial score (nSPS) is 24.3. The Hall–Kier alpha value is -1.51. The SMILES string of the molecule is COc1cccc2c1C(=O)OC(C)C2C. The van der Waals surface area contributed by atoms with E-state index >= 15 is 0 Å². The van der Waals surface area contributed by atoms with E-state index in [1.165, 1.54) is 0 Å². The number of hydrogen-bond acceptors (Lipinski definition) is 3. The highest BCUT2D eigenvalue weighted by Crippen LogP contribution is 2.35. The second kappa shape index (κ2) is 3.57. The highest BCUT2D eigenvalue weighted by molar-refractivity contribution is 5.95. The van der Waals surface area contributed by atoms with E-state index in [1.54, 1.807) is 13.2 Å². The lowest BCUT2D eigenvalue weighted by Gasteiger charge is -2.28. The Morgan fingerprint density at radius 2 is 2.07 bits per heavy atom. The van der Waals surface area contributed by atoms with Crippen LogP contribution in [0.15, 0.2) is 18.2 Å². The zero-order valence-electron chi connectivity index (χ0n) is 9.11. The summed E-state index contributed by atoms with van der Waals surface area (Å²) < 4.78 is 10.4. The van der Waals surface area contributed by atoms with Crippen molar-refractivity contribution in [3.05, 3.63) is 29.3 Å². The van der Waals surface area contributed by atoms with Gasteiger partial charge in [0.1, 0.15) is 17.4 Å². The van der Waals surface area contributed by atoms with Crippen LogP contribution >= 0.6 is 0 Å². The van der Waals surface area contributed by atoms with Gasteiger partial charge in [0.25, 0.3) is 0 Å². The number of hydrogen-bond donors (Lipinski definition) is 0. The largest absolute Gasteiger partial charge is 0.496 e. The molecule has 15 heavy (non-hydrogen) atoms. The monoisotopic (exact) mass is 206 g/mol. The first kappa shape index (κ1) is 10.0.